The average Bonchev–Trinajstić information content (AvgIpc) is 3.17. The number of carbonyl (C=O) groups excluding carboxylic acids is 1. The van der Waals surface area contributed by atoms with E-state index in [0.29, 0.717) is 18.7 Å². The molecule has 1 N–H and O–H groups in total. The minimum absolute atomic E-state index is 0.0197. The number of para-hydroxylation sites is 1. The Kier molecular flexibility index (Phi) is 4.37. The Morgan fingerprint density at radius 1 is 1.32 bits per heavy atom. The van der Waals surface area contributed by atoms with E-state index in [2.05, 4.69) is 4.90 Å². The molecule has 0 aliphatic carbocycles. The van der Waals surface area contributed by atoms with Gasteiger partial charge < -0.3 is 14.7 Å². The van der Waals surface area contributed by atoms with Crippen molar-refractivity contribution in [3.63, 3.8) is 0 Å². The van der Waals surface area contributed by atoms with Crippen LogP contribution in [-0.2, 0) is 9.53 Å². The van der Waals surface area contributed by atoms with Gasteiger partial charge in [0.2, 0.25) is 0 Å². The summed E-state index contributed by atoms with van der Waals surface area (Å²) >= 11 is 1.61. The van der Waals surface area contributed by atoms with Gasteiger partial charge in [-0.15, -0.1) is 11.3 Å². The largest absolute Gasteiger partial charge is 0.507 e. The van der Waals surface area contributed by atoms with Crippen molar-refractivity contribution < 1.29 is 14.6 Å². The highest BCUT2D eigenvalue weighted by atomic mass is 32.1. The molecule has 2 aliphatic heterocycles. The van der Waals surface area contributed by atoms with E-state index in [0.717, 1.165) is 42.1 Å². The molecule has 132 valence electrons. The summed E-state index contributed by atoms with van der Waals surface area (Å²) in [6.45, 7) is 2.31. The summed E-state index contributed by atoms with van der Waals surface area (Å²) in [5.74, 6) is 0.225. The van der Waals surface area contributed by atoms with Crippen LogP contribution in [0.25, 0.3) is 11.3 Å². The summed E-state index contributed by atoms with van der Waals surface area (Å²) in [7, 11) is 0. The molecule has 2 saturated heterocycles. The average molecular weight is 358 g/mol. The zero-order valence-electron chi connectivity index (χ0n) is 14.2. The Morgan fingerprint density at radius 2 is 2.04 bits per heavy atom. The number of esters is 1. The van der Waals surface area contributed by atoms with Crippen molar-refractivity contribution in [3.05, 3.63) is 29.6 Å². The lowest BCUT2D eigenvalue weighted by Gasteiger charge is -2.37. The molecular formula is C19H22N2O3S. The highest BCUT2D eigenvalue weighted by molar-refractivity contribution is 7.14. The van der Waals surface area contributed by atoms with Crippen LogP contribution in [0.2, 0.25) is 0 Å². The molecule has 2 atom stereocenters. The van der Waals surface area contributed by atoms with Crippen LogP contribution in [-0.4, -0.2) is 34.8 Å². The third kappa shape index (κ3) is 2.99. The van der Waals surface area contributed by atoms with Gasteiger partial charge in [-0.25, -0.2) is 4.98 Å². The van der Waals surface area contributed by atoms with Crippen molar-refractivity contribution in [2.24, 2.45) is 5.92 Å². The number of piperidine rings is 1. The molecule has 0 spiro atoms. The zero-order chi connectivity index (χ0) is 17.4. The number of rotatable bonds is 4. The van der Waals surface area contributed by atoms with E-state index in [4.69, 9.17) is 9.72 Å². The summed E-state index contributed by atoms with van der Waals surface area (Å²) in [5, 5.41) is 13.0. The fraction of sp³-hybridized carbons (Fsp3) is 0.474. The molecule has 0 amide bonds. The second-order valence-corrected chi connectivity index (χ2v) is 7.58. The highest BCUT2D eigenvalue weighted by Crippen LogP contribution is 2.44. The third-order valence-electron chi connectivity index (χ3n) is 5.25. The summed E-state index contributed by atoms with van der Waals surface area (Å²) in [6, 6.07) is 8.00. The van der Waals surface area contributed by atoms with Gasteiger partial charge in [0.15, 0.2) is 5.13 Å². The van der Waals surface area contributed by atoms with Gasteiger partial charge in [-0.1, -0.05) is 12.1 Å². The molecule has 0 radical (unpaired) electrons. The van der Waals surface area contributed by atoms with Crippen LogP contribution in [0.4, 0.5) is 5.13 Å². The maximum atomic E-state index is 12.1. The normalized spacial score (nSPS) is 25.2. The number of ether oxygens (including phenoxy) is 1. The number of carbonyl (C=O) groups is 1. The lowest BCUT2D eigenvalue weighted by atomic mass is 9.91. The van der Waals surface area contributed by atoms with Gasteiger partial charge >= 0.3 is 5.97 Å². The van der Waals surface area contributed by atoms with Crippen molar-refractivity contribution in [2.45, 2.75) is 44.7 Å². The Morgan fingerprint density at radius 3 is 2.72 bits per heavy atom. The van der Waals surface area contributed by atoms with E-state index >= 15 is 0 Å². The van der Waals surface area contributed by atoms with Gasteiger partial charge in [-0.3, -0.25) is 4.79 Å². The first-order valence-corrected chi connectivity index (χ1v) is 9.74. The quantitative estimate of drug-likeness (QED) is 0.842. The lowest BCUT2D eigenvalue weighted by Crippen LogP contribution is -2.45. The summed E-state index contributed by atoms with van der Waals surface area (Å²) in [5.41, 5.74) is 1.57. The standard InChI is InChI=1S/C19H22N2O3S/c1-2-24-18(23)12-9-13-7-8-14(10-12)21(13)19-20-16(11-25-19)15-5-3-4-6-17(15)22/h3-6,11-14,22H,2,7-10H2,1H3. The molecule has 2 aromatic rings. The van der Waals surface area contributed by atoms with E-state index in [1.54, 1.807) is 17.4 Å². The maximum absolute atomic E-state index is 12.1. The van der Waals surface area contributed by atoms with Gasteiger partial charge in [-0.05, 0) is 44.7 Å². The molecule has 2 fully saturated rings. The summed E-state index contributed by atoms with van der Waals surface area (Å²) < 4.78 is 5.22. The Bertz CT molecular complexity index is 762. The molecule has 5 nitrogen and oxygen atoms in total. The van der Waals surface area contributed by atoms with Gasteiger partial charge in [0.05, 0.1) is 18.2 Å². The van der Waals surface area contributed by atoms with Gasteiger partial charge in [0.1, 0.15) is 5.75 Å². The molecule has 2 unspecified atom stereocenters. The molecule has 6 heteroatoms. The number of nitrogens with zero attached hydrogens (tertiary/aromatic N) is 2. The third-order valence-corrected chi connectivity index (χ3v) is 6.10. The minimum atomic E-state index is -0.0481. The number of fused-ring (bicyclic) bond motifs is 2. The highest BCUT2D eigenvalue weighted by Gasteiger charge is 2.44. The molecule has 1 aromatic heterocycles. The second kappa shape index (κ2) is 6.67. The number of benzene rings is 1. The van der Waals surface area contributed by atoms with Crippen LogP contribution >= 0.6 is 11.3 Å². The Labute approximate surface area is 151 Å². The zero-order valence-corrected chi connectivity index (χ0v) is 15.0. The smallest absolute Gasteiger partial charge is 0.309 e. The number of hydrogen-bond donors (Lipinski definition) is 1. The van der Waals surface area contributed by atoms with Crippen LogP contribution in [0.3, 0.4) is 0 Å². The van der Waals surface area contributed by atoms with Crippen molar-refractivity contribution in [2.75, 3.05) is 11.5 Å². The molecule has 2 aliphatic rings. The molecule has 25 heavy (non-hydrogen) atoms. The predicted molar refractivity (Wildman–Crippen MR) is 97.9 cm³/mol. The molecular weight excluding hydrogens is 336 g/mol. The number of aromatic nitrogens is 1. The first kappa shape index (κ1) is 16.4. The number of thiazole rings is 1. The monoisotopic (exact) mass is 358 g/mol. The van der Waals surface area contributed by atoms with Gasteiger partial charge in [0.25, 0.3) is 0 Å². The van der Waals surface area contributed by atoms with Crippen molar-refractivity contribution in [1.82, 2.24) is 4.98 Å². The van der Waals surface area contributed by atoms with E-state index in [-0.39, 0.29) is 17.6 Å². The number of aromatic hydroxyl groups is 1. The maximum Gasteiger partial charge on any atom is 0.309 e. The van der Waals surface area contributed by atoms with E-state index in [1.807, 2.05) is 30.5 Å². The fourth-order valence-electron chi connectivity index (χ4n) is 4.14. The summed E-state index contributed by atoms with van der Waals surface area (Å²) in [6.07, 6.45) is 3.90. The minimum Gasteiger partial charge on any atom is -0.507 e. The Hall–Kier alpha value is -2.08. The molecule has 4 rings (SSSR count). The SMILES string of the molecule is CCOC(=O)C1CC2CCC(C1)N2c1nc(-c2ccccc2O)cs1. The second-order valence-electron chi connectivity index (χ2n) is 6.75. The van der Waals surface area contributed by atoms with Crippen molar-refractivity contribution in [1.29, 1.82) is 0 Å². The van der Waals surface area contributed by atoms with E-state index in [9.17, 15) is 9.90 Å². The number of anilines is 1. The fourth-order valence-corrected chi connectivity index (χ4v) is 5.11. The van der Waals surface area contributed by atoms with Crippen molar-refractivity contribution >= 4 is 22.4 Å². The van der Waals surface area contributed by atoms with Crippen molar-refractivity contribution in [3.8, 4) is 17.0 Å². The van der Waals surface area contributed by atoms with Crippen LogP contribution in [0.5, 0.6) is 5.75 Å². The van der Waals surface area contributed by atoms with Crippen LogP contribution in [0.15, 0.2) is 29.6 Å². The van der Waals surface area contributed by atoms with E-state index < -0.39 is 0 Å². The van der Waals surface area contributed by atoms with Crippen LogP contribution in [0.1, 0.15) is 32.6 Å². The summed E-state index contributed by atoms with van der Waals surface area (Å²) in [4.78, 5) is 19.3. The Balaban J connectivity index is 1.54. The first-order chi connectivity index (χ1) is 12.2. The predicted octanol–water partition coefficient (Wildman–Crippen LogP) is 3.83. The number of hydrogen-bond acceptors (Lipinski definition) is 6. The number of phenols is 1. The molecule has 2 bridgehead atoms. The van der Waals surface area contributed by atoms with Gasteiger partial charge in [0, 0.05) is 23.0 Å². The van der Waals surface area contributed by atoms with E-state index in [1.165, 1.54) is 0 Å². The molecule has 0 saturated carbocycles. The van der Waals surface area contributed by atoms with Crippen LogP contribution < -0.4 is 4.90 Å². The lowest BCUT2D eigenvalue weighted by molar-refractivity contribution is -0.149. The number of phenolic OH excluding ortho intramolecular Hbond substituents is 1. The van der Waals surface area contributed by atoms with Crippen LogP contribution in [0, 0.1) is 5.92 Å². The first-order valence-electron chi connectivity index (χ1n) is 8.86. The van der Waals surface area contributed by atoms with Gasteiger partial charge in [-0.2, -0.15) is 0 Å². The topological polar surface area (TPSA) is 62.7 Å². The molecule has 3 heterocycles. The molecule has 1 aromatic carbocycles.